The minimum Gasteiger partial charge on any atom is -0.330 e. The first-order chi connectivity index (χ1) is 7.34. The zero-order valence-electron chi connectivity index (χ0n) is 7.94. The Labute approximate surface area is 91.6 Å². The van der Waals surface area contributed by atoms with Crippen molar-refractivity contribution in [1.82, 2.24) is 20.2 Å². The predicted molar refractivity (Wildman–Crippen MR) is 57.1 cm³/mol. The lowest BCUT2D eigenvalue weighted by molar-refractivity contribution is 0.963. The van der Waals surface area contributed by atoms with Gasteiger partial charge in [-0.2, -0.15) is 5.10 Å². The number of hydrogen-bond donors (Lipinski definition) is 2. The molecule has 5 nitrogen and oxygen atoms in total. The highest BCUT2D eigenvalue weighted by Gasteiger charge is 2.26. The van der Waals surface area contributed by atoms with Gasteiger partial charge in [-0.3, -0.25) is 5.10 Å². The van der Waals surface area contributed by atoms with Crippen LogP contribution in [0.3, 0.4) is 0 Å². The first-order valence-corrected chi connectivity index (χ1v) is 5.18. The van der Waals surface area contributed by atoms with Crippen LogP contribution in [0.15, 0.2) is 18.6 Å². The van der Waals surface area contributed by atoms with E-state index in [4.69, 9.17) is 11.8 Å². The lowest BCUT2D eigenvalue weighted by Crippen LogP contribution is -2.02. The van der Waals surface area contributed by atoms with Crippen LogP contribution in [0.2, 0.25) is 0 Å². The van der Waals surface area contributed by atoms with Gasteiger partial charge in [-0.25, -0.2) is 9.40 Å². The monoisotopic (exact) mass is 223 g/mol. The molecule has 2 aromatic rings. The Bertz CT molecular complexity index is 445. The van der Waals surface area contributed by atoms with Gasteiger partial charge in [0.15, 0.2) is 5.82 Å². The average Bonchev–Trinajstić information content (AvgIpc) is 2.83. The van der Waals surface area contributed by atoms with Gasteiger partial charge in [0.25, 0.3) is 0 Å². The third kappa shape index (κ3) is 1.59. The second kappa shape index (κ2) is 3.27. The number of H-pyrrole nitrogens is 2. The molecule has 1 aliphatic carbocycles. The minimum absolute atomic E-state index is 0.651. The summed E-state index contributed by atoms with van der Waals surface area (Å²) in [6.45, 7) is 0. The Morgan fingerprint density at radius 2 is 2.33 bits per heavy atom. The summed E-state index contributed by atoms with van der Waals surface area (Å²) < 4.78 is 1.45. The Morgan fingerprint density at radius 3 is 3.00 bits per heavy atom. The van der Waals surface area contributed by atoms with E-state index in [-0.39, 0.29) is 0 Å². The molecule has 0 radical (unpaired) electrons. The number of rotatable bonds is 3. The fourth-order valence-electron chi connectivity index (χ4n) is 1.51. The molecule has 0 aromatic carbocycles. The van der Waals surface area contributed by atoms with Crippen molar-refractivity contribution in [3.05, 3.63) is 24.3 Å². The molecule has 3 rings (SSSR count). The zero-order chi connectivity index (χ0) is 10.3. The topological polar surface area (TPSA) is 60.6 Å². The molecule has 1 saturated carbocycles. The van der Waals surface area contributed by atoms with Crippen molar-refractivity contribution < 1.29 is 0 Å². The van der Waals surface area contributed by atoms with E-state index in [0.29, 0.717) is 17.6 Å². The average molecular weight is 224 g/mol. The van der Waals surface area contributed by atoms with Gasteiger partial charge in [-0.15, -0.1) is 0 Å². The first-order valence-electron chi connectivity index (χ1n) is 4.84. The van der Waals surface area contributed by atoms with Crippen molar-refractivity contribution in [1.29, 1.82) is 0 Å². The zero-order valence-corrected chi connectivity index (χ0v) is 8.70. The van der Waals surface area contributed by atoms with Gasteiger partial charge in [0, 0.05) is 29.5 Å². The minimum atomic E-state index is 0.651. The quantitative estimate of drug-likeness (QED) is 0.785. The van der Waals surface area contributed by atoms with Gasteiger partial charge in [0.2, 0.25) is 0 Å². The van der Waals surface area contributed by atoms with E-state index in [1.165, 1.54) is 17.3 Å². The molecule has 1 fully saturated rings. The summed E-state index contributed by atoms with van der Waals surface area (Å²) in [6, 6.07) is 1.98. The number of nitrogens with zero attached hydrogens (tertiary/aromatic N) is 3. The molecule has 0 spiro atoms. The Balaban J connectivity index is 1.85. The predicted octanol–water partition coefficient (Wildman–Crippen LogP) is 2.30. The standard InChI is InChI=1S/C9H10ClN5/c10-15(9-4-11-5-12-9)8-3-7(13-14-8)6-1-2-6/h3-6H,1-2H2,(H,11,12)(H,13,14). The highest BCUT2D eigenvalue weighted by atomic mass is 35.5. The highest BCUT2D eigenvalue weighted by molar-refractivity contribution is 6.28. The first kappa shape index (κ1) is 8.79. The van der Waals surface area contributed by atoms with Gasteiger partial charge in [-0.1, -0.05) is 0 Å². The smallest absolute Gasteiger partial charge is 0.171 e. The van der Waals surface area contributed by atoms with Crippen LogP contribution in [0.4, 0.5) is 11.6 Å². The number of nitrogens with one attached hydrogen (secondary N) is 2. The third-order valence-electron chi connectivity index (χ3n) is 2.50. The van der Waals surface area contributed by atoms with Gasteiger partial charge in [0.05, 0.1) is 12.5 Å². The van der Waals surface area contributed by atoms with Crippen LogP contribution in [0.25, 0.3) is 0 Å². The maximum atomic E-state index is 6.09. The highest BCUT2D eigenvalue weighted by Crippen LogP contribution is 2.40. The van der Waals surface area contributed by atoms with Crippen LogP contribution in [0.5, 0.6) is 0 Å². The lowest BCUT2D eigenvalue weighted by atomic mass is 10.3. The van der Waals surface area contributed by atoms with Gasteiger partial charge in [0.1, 0.15) is 5.82 Å². The Morgan fingerprint density at radius 1 is 1.47 bits per heavy atom. The molecule has 2 aromatic heterocycles. The van der Waals surface area contributed by atoms with Crippen LogP contribution >= 0.6 is 11.8 Å². The normalized spacial score (nSPS) is 15.5. The third-order valence-corrected chi connectivity index (χ3v) is 2.85. The summed E-state index contributed by atoms with van der Waals surface area (Å²) in [7, 11) is 0. The van der Waals surface area contributed by atoms with E-state index in [9.17, 15) is 0 Å². The fourth-order valence-corrected chi connectivity index (χ4v) is 1.69. The number of halogens is 1. The second-order valence-electron chi connectivity index (χ2n) is 3.67. The van der Waals surface area contributed by atoms with E-state index in [1.807, 2.05) is 6.07 Å². The van der Waals surface area contributed by atoms with Crippen molar-refractivity contribution in [3.63, 3.8) is 0 Å². The van der Waals surface area contributed by atoms with Crippen molar-refractivity contribution in [2.24, 2.45) is 0 Å². The molecule has 2 N–H and O–H groups in total. The fraction of sp³-hybridized carbons (Fsp3) is 0.333. The lowest BCUT2D eigenvalue weighted by Gasteiger charge is -2.07. The molecule has 0 unspecified atom stereocenters. The molecule has 0 aliphatic heterocycles. The number of anilines is 2. The molecular formula is C9H10ClN5. The van der Waals surface area contributed by atoms with E-state index < -0.39 is 0 Å². The Hall–Kier alpha value is -1.49. The molecule has 78 valence electrons. The molecule has 1 aliphatic rings. The van der Waals surface area contributed by atoms with Crippen LogP contribution < -0.4 is 4.42 Å². The molecule has 6 heteroatoms. The molecule has 15 heavy (non-hydrogen) atoms. The van der Waals surface area contributed by atoms with Crippen LogP contribution in [0.1, 0.15) is 24.5 Å². The summed E-state index contributed by atoms with van der Waals surface area (Å²) in [6.07, 6.45) is 5.72. The van der Waals surface area contributed by atoms with Gasteiger partial charge in [-0.05, 0) is 12.8 Å². The van der Waals surface area contributed by atoms with Crippen LogP contribution in [-0.4, -0.2) is 20.2 Å². The van der Waals surface area contributed by atoms with E-state index in [0.717, 1.165) is 5.69 Å². The number of imidazole rings is 1. The summed E-state index contributed by atoms with van der Waals surface area (Å²) in [5.74, 6) is 2.06. The summed E-state index contributed by atoms with van der Waals surface area (Å²) in [4.78, 5) is 6.82. The Kier molecular flexibility index (Phi) is 1.92. The van der Waals surface area contributed by atoms with Crippen LogP contribution in [-0.2, 0) is 0 Å². The summed E-state index contributed by atoms with van der Waals surface area (Å²) in [5, 5.41) is 7.15. The summed E-state index contributed by atoms with van der Waals surface area (Å²) >= 11 is 6.09. The SMILES string of the molecule is ClN(c1cc(C2CC2)[nH]n1)c1cnc[nH]1. The maximum Gasteiger partial charge on any atom is 0.171 e. The second-order valence-corrected chi connectivity index (χ2v) is 4.01. The van der Waals surface area contributed by atoms with Crippen molar-refractivity contribution >= 4 is 23.4 Å². The van der Waals surface area contributed by atoms with Gasteiger partial charge >= 0.3 is 0 Å². The van der Waals surface area contributed by atoms with Gasteiger partial charge < -0.3 is 4.98 Å². The molecular weight excluding hydrogens is 214 g/mol. The van der Waals surface area contributed by atoms with Crippen LogP contribution in [0, 0.1) is 0 Å². The molecule has 0 atom stereocenters. The van der Waals surface area contributed by atoms with E-state index in [2.05, 4.69) is 20.2 Å². The largest absolute Gasteiger partial charge is 0.330 e. The number of aromatic amines is 2. The van der Waals surface area contributed by atoms with Crippen molar-refractivity contribution in [2.75, 3.05) is 4.42 Å². The molecule has 2 heterocycles. The molecule has 0 bridgehead atoms. The van der Waals surface area contributed by atoms with Crippen molar-refractivity contribution in [3.8, 4) is 0 Å². The van der Waals surface area contributed by atoms with E-state index in [1.54, 1.807) is 12.5 Å². The molecule has 0 amide bonds. The number of aromatic nitrogens is 4. The maximum absolute atomic E-state index is 6.09. The number of hydrogen-bond acceptors (Lipinski definition) is 3. The summed E-state index contributed by atoms with van der Waals surface area (Å²) in [5.41, 5.74) is 1.16. The van der Waals surface area contributed by atoms with Crippen molar-refractivity contribution in [2.45, 2.75) is 18.8 Å². The van der Waals surface area contributed by atoms with E-state index >= 15 is 0 Å². The molecule has 0 saturated heterocycles.